The van der Waals surface area contributed by atoms with Gasteiger partial charge < -0.3 is 14.7 Å². The number of carbonyl (C=O) groups excluding carboxylic acids is 1. The average Bonchev–Trinajstić information content (AvgIpc) is 2.73. The molecule has 1 heterocycles. The van der Waals surface area contributed by atoms with E-state index in [9.17, 15) is 9.90 Å². The van der Waals surface area contributed by atoms with Crippen LogP contribution in [0.15, 0.2) is 0 Å². The number of fused-ring (bicyclic) bond motifs is 1. The van der Waals surface area contributed by atoms with Crippen molar-refractivity contribution >= 4 is 6.09 Å². The fourth-order valence-corrected chi connectivity index (χ4v) is 2.64. The molecule has 0 bridgehead atoms. The second-order valence-corrected chi connectivity index (χ2v) is 6.02. The number of likely N-dealkylation sites (tertiary alicyclic amines) is 1. The number of hydrogen-bond donors (Lipinski definition) is 1. The van der Waals surface area contributed by atoms with Crippen LogP contribution in [0.1, 0.15) is 34.1 Å². The first-order valence-electron chi connectivity index (χ1n) is 5.97. The van der Waals surface area contributed by atoms with Gasteiger partial charge in [-0.25, -0.2) is 4.79 Å². The number of piperidine rings is 1. The van der Waals surface area contributed by atoms with Gasteiger partial charge in [0.25, 0.3) is 0 Å². The Hall–Kier alpha value is -0.770. The zero-order valence-electron chi connectivity index (χ0n) is 10.4. The highest BCUT2D eigenvalue weighted by Gasteiger charge is 2.56. The van der Waals surface area contributed by atoms with Crippen LogP contribution in [0, 0.1) is 11.8 Å². The number of rotatable bonds is 1. The van der Waals surface area contributed by atoms with Crippen LogP contribution in [-0.4, -0.2) is 40.4 Å². The van der Waals surface area contributed by atoms with E-state index in [2.05, 4.69) is 0 Å². The third kappa shape index (κ3) is 2.17. The standard InChI is InChI=1S/C12H21NO3/c1-7(14)10-9-5-8(9)6-13(10)11(15)16-12(2,3)4/h7-10,14H,5-6H2,1-4H3/t7-,8+,9+,10-/m1/s1. The fraction of sp³-hybridized carbons (Fsp3) is 0.917. The minimum Gasteiger partial charge on any atom is -0.444 e. The van der Waals surface area contributed by atoms with Crippen molar-refractivity contribution in [3.8, 4) is 0 Å². The number of aliphatic hydroxyl groups is 1. The Kier molecular flexibility index (Phi) is 2.65. The lowest BCUT2D eigenvalue weighted by Gasteiger charge is -2.31. The molecule has 4 nitrogen and oxygen atoms in total. The Morgan fingerprint density at radius 3 is 2.62 bits per heavy atom. The van der Waals surface area contributed by atoms with Gasteiger partial charge in [-0.2, -0.15) is 0 Å². The molecule has 1 aliphatic heterocycles. The molecule has 1 amide bonds. The minimum absolute atomic E-state index is 0.0418. The van der Waals surface area contributed by atoms with Gasteiger partial charge in [0, 0.05) is 6.54 Å². The first kappa shape index (κ1) is 11.7. The summed E-state index contributed by atoms with van der Waals surface area (Å²) >= 11 is 0. The molecule has 4 atom stereocenters. The molecule has 16 heavy (non-hydrogen) atoms. The van der Waals surface area contributed by atoms with Crippen molar-refractivity contribution in [2.75, 3.05) is 6.54 Å². The lowest BCUT2D eigenvalue weighted by atomic mass is 10.1. The number of amides is 1. The van der Waals surface area contributed by atoms with E-state index in [1.807, 2.05) is 20.8 Å². The highest BCUT2D eigenvalue weighted by atomic mass is 16.6. The van der Waals surface area contributed by atoms with Crippen LogP contribution in [0.5, 0.6) is 0 Å². The maximum atomic E-state index is 11.9. The van der Waals surface area contributed by atoms with Gasteiger partial charge in [0.15, 0.2) is 0 Å². The van der Waals surface area contributed by atoms with E-state index in [0.717, 1.165) is 13.0 Å². The van der Waals surface area contributed by atoms with Gasteiger partial charge in [-0.15, -0.1) is 0 Å². The monoisotopic (exact) mass is 227 g/mol. The quantitative estimate of drug-likeness (QED) is 0.740. The molecule has 0 radical (unpaired) electrons. The van der Waals surface area contributed by atoms with Gasteiger partial charge >= 0.3 is 6.09 Å². The van der Waals surface area contributed by atoms with E-state index in [0.29, 0.717) is 11.8 Å². The second kappa shape index (κ2) is 3.62. The molecule has 4 heteroatoms. The molecule has 2 fully saturated rings. The Bertz CT molecular complexity index is 295. The zero-order chi connectivity index (χ0) is 12.1. The van der Waals surface area contributed by atoms with Crippen LogP contribution < -0.4 is 0 Å². The summed E-state index contributed by atoms with van der Waals surface area (Å²) < 4.78 is 5.35. The summed E-state index contributed by atoms with van der Waals surface area (Å²) in [4.78, 5) is 13.6. The van der Waals surface area contributed by atoms with Crippen LogP contribution in [0.25, 0.3) is 0 Å². The minimum atomic E-state index is -0.468. The molecule has 2 aliphatic rings. The van der Waals surface area contributed by atoms with Gasteiger partial charge in [0.2, 0.25) is 0 Å². The molecule has 0 aromatic carbocycles. The third-order valence-electron chi connectivity index (χ3n) is 3.33. The van der Waals surface area contributed by atoms with E-state index in [-0.39, 0.29) is 12.1 Å². The SMILES string of the molecule is C[C@@H](O)[C@@H]1[C@H]2C[C@H]2CN1C(=O)OC(C)(C)C. The van der Waals surface area contributed by atoms with Crippen LogP contribution in [0.4, 0.5) is 4.79 Å². The second-order valence-electron chi connectivity index (χ2n) is 6.02. The van der Waals surface area contributed by atoms with Crippen LogP contribution >= 0.6 is 0 Å². The van der Waals surface area contributed by atoms with E-state index >= 15 is 0 Å². The van der Waals surface area contributed by atoms with Gasteiger partial charge in [-0.05, 0) is 46.0 Å². The molecule has 0 aromatic heterocycles. The van der Waals surface area contributed by atoms with Crippen molar-refractivity contribution in [3.63, 3.8) is 0 Å². The molecule has 0 unspecified atom stereocenters. The molecule has 0 spiro atoms. The molecule has 1 aliphatic carbocycles. The van der Waals surface area contributed by atoms with Gasteiger partial charge in [0.1, 0.15) is 5.60 Å². The summed E-state index contributed by atoms with van der Waals surface area (Å²) in [5.74, 6) is 1.08. The van der Waals surface area contributed by atoms with Gasteiger partial charge in [-0.1, -0.05) is 0 Å². The predicted octanol–water partition coefficient (Wildman–Crippen LogP) is 1.62. The summed E-state index contributed by atoms with van der Waals surface area (Å²) in [6.07, 6.45) is 0.394. The third-order valence-corrected chi connectivity index (χ3v) is 3.33. The molecule has 2 rings (SSSR count). The first-order valence-corrected chi connectivity index (χ1v) is 5.97. The van der Waals surface area contributed by atoms with E-state index in [4.69, 9.17) is 4.74 Å². The Labute approximate surface area is 96.6 Å². The molecular weight excluding hydrogens is 206 g/mol. The summed E-state index contributed by atoms with van der Waals surface area (Å²) in [5.41, 5.74) is -0.465. The number of ether oxygens (including phenoxy) is 1. The van der Waals surface area contributed by atoms with Gasteiger partial charge in [0.05, 0.1) is 12.1 Å². The normalized spacial score (nSPS) is 34.6. The van der Waals surface area contributed by atoms with E-state index < -0.39 is 11.7 Å². The van der Waals surface area contributed by atoms with Crippen LogP contribution in [-0.2, 0) is 4.74 Å². The number of nitrogens with zero attached hydrogens (tertiary/aromatic N) is 1. The zero-order valence-corrected chi connectivity index (χ0v) is 10.4. The number of hydrogen-bond acceptors (Lipinski definition) is 3. The molecule has 1 saturated heterocycles. The highest BCUT2D eigenvalue weighted by molar-refractivity contribution is 5.69. The lowest BCUT2D eigenvalue weighted by molar-refractivity contribution is 0.00211. The summed E-state index contributed by atoms with van der Waals surface area (Å²) in [5, 5.41) is 9.72. The van der Waals surface area contributed by atoms with Gasteiger partial charge in [-0.3, -0.25) is 0 Å². The maximum Gasteiger partial charge on any atom is 0.410 e. The summed E-state index contributed by atoms with van der Waals surface area (Å²) in [6.45, 7) is 8.08. The maximum absolute atomic E-state index is 11.9. The van der Waals surface area contributed by atoms with Crippen molar-refractivity contribution in [3.05, 3.63) is 0 Å². The molecule has 0 aromatic rings. The smallest absolute Gasteiger partial charge is 0.410 e. The van der Waals surface area contributed by atoms with E-state index in [1.165, 1.54) is 0 Å². The number of aliphatic hydroxyl groups excluding tert-OH is 1. The van der Waals surface area contributed by atoms with Crippen molar-refractivity contribution in [1.29, 1.82) is 0 Å². The molecular formula is C12H21NO3. The average molecular weight is 227 g/mol. The van der Waals surface area contributed by atoms with Crippen molar-refractivity contribution in [2.24, 2.45) is 11.8 Å². The molecule has 1 saturated carbocycles. The fourth-order valence-electron chi connectivity index (χ4n) is 2.64. The molecule has 92 valence electrons. The van der Waals surface area contributed by atoms with Crippen LogP contribution in [0.2, 0.25) is 0 Å². The highest BCUT2D eigenvalue weighted by Crippen LogP contribution is 2.50. The first-order chi connectivity index (χ1) is 7.29. The topological polar surface area (TPSA) is 49.8 Å². The lowest BCUT2D eigenvalue weighted by Crippen LogP contribution is -2.46. The van der Waals surface area contributed by atoms with E-state index in [1.54, 1.807) is 11.8 Å². The molecule has 1 N–H and O–H groups in total. The Morgan fingerprint density at radius 2 is 2.12 bits per heavy atom. The number of carbonyl (C=O) groups is 1. The largest absolute Gasteiger partial charge is 0.444 e. The van der Waals surface area contributed by atoms with Crippen molar-refractivity contribution in [2.45, 2.75) is 51.9 Å². The van der Waals surface area contributed by atoms with Crippen molar-refractivity contribution in [1.82, 2.24) is 4.90 Å². The summed E-state index contributed by atoms with van der Waals surface area (Å²) in [7, 11) is 0. The Morgan fingerprint density at radius 1 is 1.50 bits per heavy atom. The summed E-state index contributed by atoms with van der Waals surface area (Å²) in [6, 6.07) is -0.0418. The van der Waals surface area contributed by atoms with Crippen LogP contribution in [0.3, 0.4) is 0 Å². The Balaban J connectivity index is 2.01. The predicted molar refractivity (Wildman–Crippen MR) is 60.0 cm³/mol. The van der Waals surface area contributed by atoms with Crippen molar-refractivity contribution < 1.29 is 14.6 Å².